The summed E-state index contributed by atoms with van der Waals surface area (Å²) in [4.78, 5) is 26.8. The van der Waals surface area contributed by atoms with E-state index in [4.69, 9.17) is 5.11 Å². The fourth-order valence-corrected chi connectivity index (χ4v) is 2.66. The maximum absolute atomic E-state index is 12.4. The Morgan fingerprint density at radius 1 is 1.05 bits per heavy atom. The molecule has 1 saturated heterocycles. The maximum Gasteiger partial charge on any atom is 0.317 e. The minimum absolute atomic E-state index is 0.0787. The normalized spacial score (nSPS) is 16.9. The van der Waals surface area contributed by atoms with Crippen molar-refractivity contribution < 1.29 is 14.7 Å². The molecule has 1 heterocycles. The summed E-state index contributed by atoms with van der Waals surface area (Å²) in [6.07, 6.45) is 3.99. The summed E-state index contributed by atoms with van der Waals surface area (Å²) in [6, 6.07) is 0. The summed E-state index contributed by atoms with van der Waals surface area (Å²) < 4.78 is 0. The minimum atomic E-state index is -0.797. The van der Waals surface area contributed by atoms with E-state index in [1.807, 2.05) is 9.80 Å². The number of piperazine rings is 1. The Balaban J connectivity index is 2.44. The average molecular weight is 270 g/mol. The molecular weight excluding hydrogens is 244 g/mol. The van der Waals surface area contributed by atoms with Gasteiger partial charge >= 0.3 is 5.97 Å². The van der Waals surface area contributed by atoms with Gasteiger partial charge in [0.25, 0.3) is 0 Å². The molecule has 1 fully saturated rings. The van der Waals surface area contributed by atoms with Gasteiger partial charge in [0.15, 0.2) is 0 Å². The molecule has 0 aromatic rings. The molecule has 0 saturated carbocycles. The first kappa shape index (κ1) is 16.0. The first-order valence-electron chi connectivity index (χ1n) is 7.31. The van der Waals surface area contributed by atoms with E-state index in [1.165, 1.54) is 0 Å². The van der Waals surface area contributed by atoms with Crippen LogP contribution in [0.5, 0.6) is 0 Å². The van der Waals surface area contributed by atoms with Crippen LogP contribution < -0.4 is 0 Å². The van der Waals surface area contributed by atoms with Gasteiger partial charge in [0.2, 0.25) is 5.91 Å². The van der Waals surface area contributed by atoms with Crippen LogP contribution in [-0.4, -0.2) is 59.5 Å². The van der Waals surface area contributed by atoms with Gasteiger partial charge in [-0.25, -0.2) is 0 Å². The number of carbonyl (C=O) groups is 2. The zero-order valence-corrected chi connectivity index (χ0v) is 12.1. The lowest BCUT2D eigenvalue weighted by Gasteiger charge is -2.35. The molecule has 0 unspecified atom stereocenters. The molecule has 0 radical (unpaired) electrons. The highest BCUT2D eigenvalue weighted by molar-refractivity contribution is 5.79. The Bertz CT molecular complexity index is 293. The van der Waals surface area contributed by atoms with E-state index in [0.29, 0.717) is 26.2 Å². The van der Waals surface area contributed by atoms with Gasteiger partial charge in [0.1, 0.15) is 0 Å². The predicted molar refractivity (Wildman–Crippen MR) is 74.0 cm³/mol. The summed E-state index contributed by atoms with van der Waals surface area (Å²) in [5, 5.41) is 8.75. The van der Waals surface area contributed by atoms with Crippen molar-refractivity contribution in [3.8, 4) is 0 Å². The Morgan fingerprint density at radius 2 is 1.58 bits per heavy atom. The van der Waals surface area contributed by atoms with Crippen molar-refractivity contribution in [2.24, 2.45) is 5.92 Å². The van der Waals surface area contributed by atoms with Crippen molar-refractivity contribution in [1.82, 2.24) is 9.80 Å². The van der Waals surface area contributed by atoms with Gasteiger partial charge in [-0.3, -0.25) is 14.5 Å². The number of carboxylic acids is 1. The first-order chi connectivity index (χ1) is 9.08. The maximum atomic E-state index is 12.4. The average Bonchev–Trinajstić information content (AvgIpc) is 2.38. The molecule has 0 bridgehead atoms. The van der Waals surface area contributed by atoms with E-state index >= 15 is 0 Å². The van der Waals surface area contributed by atoms with E-state index in [1.54, 1.807) is 0 Å². The van der Waals surface area contributed by atoms with Gasteiger partial charge in [-0.15, -0.1) is 0 Å². The number of carboxylic acid groups (broad SMARTS) is 1. The highest BCUT2D eigenvalue weighted by Gasteiger charge is 2.26. The fraction of sp³-hybridized carbons (Fsp3) is 0.857. The molecule has 0 atom stereocenters. The zero-order chi connectivity index (χ0) is 14.3. The summed E-state index contributed by atoms with van der Waals surface area (Å²) >= 11 is 0. The SMILES string of the molecule is CCCC(CCC)C(=O)N1CCN(CC(=O)O)CC1. The third-order valence-corrected chi connectivity index (χ3v) is 3.67. The zero-order valence-electron chi connectivity index (χ0n) is 12.1. The van der Waals surface area contributed by atoms with Gasteiger partial charge in [-0.05, 0) is 12.8 Å². The Morgan fingerprint density at radius 3 is 2.00 bits per heavy atom. The van der Waals surface area contributed by atoms with Crippen LogP contribution in [-0.2, 0) is 9.59 Å². The van der Waals surface area contributed by atoms with Gasteiger partial charge in [0, 0.05) is 32.1 Å². The number of hydrogen-bond donors (Lipinski definition) is 1. The Hall–Kier alpha value is -1.10. The molecule has 0 aromatic heterocycles. The molecule has 1 rings (SSSR count). The Labute approximate surface area is 115 Å². The van der Waals surface area contributed by atoms with Crippen LogP contribution in [0.4, 0.5) is 0 Å². The topological polar surface area (TPSA) is 60.9 Å². The molecule has 1 amide bonds. The monoisotopic (exact) mass is 270 g/mol. The molecule has 1 N–H and O–H groups in total. The third-order valence-electron chi connectivity index (χ3n) is 3.67. The van der Waals surface area contributed by atoms with E-state index in [2.05, 4.69) is 13.8 Å². The molecule has 5 heteroatoms. The van der Waals surface area contributed by atoms with Crippen LogP contribution in [0.15, 0.2) is 0 Å². The van der Waals surface area contributed by atoms with E-state index < -0.39 is 5.97 Å². The molecule has 5 nitrogen and oxygen atoms in total. The summed E-state index contributed by atoms with van der Waals surface area (Å²) in [7, 11) is 0. The molecule has 110 valence electrons. The van der Waals surface area contributed by atoms with Gasteiger partial charge in [0.05, 0.1) is 6.54 Å². The number of hydrogen-bond acceptors (Lipinski definition) is 3. The lowest BCUT2D eigenvalue weighted by atomic mass is 9.96. The van der Waals surface area contributed by atoms with Crippen LogP contribution >= 0.6 is 0 Å². The van der Waals surface area contributed by atoms with E-state index in [0.717, 1.165) is 25.7 Å². The second kappa shape index (κ2) is 8.15. The first-order valence-corrected chi connectivity index (χ1v) is 7.31. The third kappa shape index (κ3) is 5.19. The van der Waals surface area contributed by atoms with E-state index in [-0.39, 0.29) is 18.4 Å². The second-order valence-corrected chi connectivity index (χ2v) is 5.27. The van der Waals surface area contributed by atoms with Crippen molar-refractivity contribution >= 4 is 11.9 Å². The van der Waals surface area contributed by atoms with Crippen molar-refractivity contribution in [3.63, 3.8) is 0 Å². The lowest BCUT2D eigenvalue weighted by Crippen LogP contribution is -2.51. The smallest absolute Gasteiger partial charge is 0.317 e. The van der Waals surface area contributed by atoms with Crippen LogP contribution in [0.1, 0.15) is 39.5 Å². The highest BCUT2D eigenvalue weighted by Crippen LogP contribution is 2.17. The van der Waals surface area contributed by atoms with E-state index in [9.17, 15) is 9.59 Å². The fourth-order valence-electron chi connectivity index (χ4n) is 2.66. The van der Waals surface area contributed by atoms with Crippen molar-refractivity contribution in [3.05, 3.63) is 0 Å². The van der Waals surface area contributed by atoms with Crippen molar-refractivity contribution in [1.29, 1.82) is 0 Å². The van der Waals surface area contributed by atoms with Crippen LogP contribution in [0.3, 0.4) is 0 Å². The molecule has 0 aliphatic carbocycles. The van der Waals surface area contributed by atoms with Crippen LogP contribution in [0, 0.1) is 5.92 Å². The largest absolute Gasteiger partial charge is 0.480 e. The van der Waals surface area contributed by atoms with Crippen LogP contribution in [0.2, 0.25) is 0 Å². The molecule has 1 aliphatic heterocycles. The molecule has 1 aliphatic rings. The molecule has 19 heavy (non-hydrogen) atoms. The minimum Gasteiger partial charge on any atom is -0.480 e. The number of carbonyl (C=O) groups excluding carboxylic acids is 1. The highest BCUT2D eigenvalue weighted by atomic mass is 16.4. The van der Waals surface area contributed by atoms with Crippen molar-refractivity contribution in [2.45, 2.75) is 39.5 Å². The van der Waals surface area contributed by atoms with Crippen LogP contribution in [0.25, 0.3) is 0 Å². The van der Waals surface area contributed by atoms with Gasteiger partial charge in [-0.2, -0.15) is 0 Å². The second-order valence-electron chi connectivity index (χ2n) is 5.27. The Kier molecular flexibility index (Phi) is 6.84. The van der Waals surface area contributed by atoms with Gasteiger partial charge in [-0.1, -0.05) is 26.7 Å². The molecule has 0 spiro atoms. The number of nitrogens with zero attached hydrogens (tertiary/aromatic N) is 2. The standard InChI is InChI=1S/C14H26N2O3/c1-3-5-12(6-4-2)14(19)16-9-7-15(8-10-16)11-13(17)18/h12H,3-11H2,1-2H3,(H,17,18). The van der Waals surface area contributed by atoms with Gasteiger partial charge < -0.3 is 10.0 Å². The summed E-state index contributed by atoms with van der Waals surface area (Å²) in [6.45, 7) is 6.97. The van der Waals surface area contributed by atoms with Crippen molar-refractivity contribution in [2.75, 3.05) is 32.7 Å². The molecular formula is C14H26N2O3. The number of amides is 1. The number of rotatable bonds is 7. The number of aliphatic carboxylic acids is 1. The lowest BCUT2D eigenvalue weighted by molar-refractivity contribution is -0.140. The predicted octanol–water partition coefficient (Wildman–Crippen LogP) is 1.43. The summed E-state index contributed by atoms with van der Waals surface area (Å²) in [5.74, 6) is -0.380. The molecule has 0 aromatic carbocycles. The quantitative estimate of drug-likeness (QED) is 0.760. The summed E-state index contributed by atoms with van der Waals surface area (Å²) in [5.41, 5.74) is 0.